The summed E-state index contributed by atoms with van der Waals surface area (Å²) >= 11 is 0. The lowest BCUT2D eigenvalue weighted by Gasteiger charge is -2.07. The molecule has 0 bridgehead atoms. The summed E-state index contributed by atoms with van der Waals surface area (Å²) in [6, 6.07) is 4.03. The fourth-order valence-corrected chi connectivity index (χ4v) is 1.57. The Labute approximate surface area is 86.0 Å². The number of hydrogen-bond donors (Lipinski definition) is 1. The van der Waals surface area contributed by atoms with Crippen LogP contribution in [0.2, 0.25) is 0 Å². The summed E-state index contributed by atoms with van der Waals surface area (Å²) in [5.74, 6) is 0. The van der Waals surface area contributed by atoms with Crippen molar-refractivity contribution in [3.05, 3.63) is 29.1 Å². The second-order valence-electron chi connectivity index (χ2n) is 3.57. The van der Waals surface area contributed by atoms with Gasteiger partial charge in [-0.05, 0) is 24.5 Å². The van der Waals surface area contributed by atoms with Gasteiger partial charge in [-0.15, -0.1) is 0 Å². The van der Waals surface area contributed by atoms with Gasteiger partial charge in [-0.1, -0.05) is 32.8 Å². The molecule has 1 heterocycles. The van der Waals surface area contributed by atoms with Gasteiger partial charge in [0.25, 0.3) is 0 Å². The highest BCUT2D eigenvalue weighted by molar-refractivity contribution is 5.22. The number of pyridine rings is 1. The molecule has 2 nitrogen and oxygen atoms in total. The van der Waals surface area contributed by atoms with Gasteiger partial charge in [0, 0.05) is 11.4 Å². The van der Waals surface area contributed by atoms with Crippen LogP contribution in [-0.4, -0.2) is 10.1 Å². The molecule has 14 heavy (non-hydrogen) atoms. The average Bonchev–Trinajstić information content (AvgIpc) is 2.19. The van der Waals surface area contributed by atoms with Gasteiger partial charge in [0.2, 0.25) is 0 Å². The molecule has 2 heteroatoms. The predicted molar refractivity (Wildman–Crippen MR) is 58.1 cm³/mol. The Morgan fingerprint density at radius 1 is 1.14 bits per heavy atom. The SMILES string of the molecule is CCCc1ccc(CO)c(CCC)n1. The number of hydrogen-bond acceptors (Lipinski definition) is 2. The second kappa shape index (κ2) is 5.76. The van der Waals surface area contributed by atoms with Crippen LogP contribution >= 0.6 is 0 Å². The number of aromatic nitrogens is 1. The molecule has 0 fully saturated rings. The second-order valence-corrected chi connectivity index (χ2v) is 3.57. The zero-order chi connectivity index (χ0) is 10.4. The van der Waals surface area contributed by atoms with E-state index in [0.717, 1.165) is 42.6 Å². The molecule has 0 aliphatic heterocycles. The molecule has 0 saturated heterocycles. The third-order valence-corrected chi connectivity index (χ3v) is 2.29. The van der Waals surface area contributed by atoms with Crippen molar-refractivity contribution in [2.75, 3.05) is 0 Å². The van der Waals surface area contributed by atoms with Crippen LogP contribution in [0.25, 0.3) is 0 Å². The summed E-state index contributed by atoms with van der Waals surface area (Å²) in [6.45, 7) is 4.39. The van der Waals surface area contributed by atoms with Gasteiger partial charge in [-0.25, -0.2) is 0 Å². The molecule has 0 atom stereocenters. The van der Waals surface area contributed by atoms with E-state index >= 15 is 0 Å². The maximum absolute atomic E-state index is 9.13. The van der Waals surface area contributed by atoms with Gasteiger partial charge < -0.3 is 5.11 Å². The summed E-state index contributed by atoms with van der Waals surface area (Å²) in [7, 11) is 0. The zero-order valence-electron chi connectivity index (χ0n) is 9.08. The van der Waals surface area contributed by atoms with Crippen LogP contribution in [0.3, 0.4) is 0 Å². The van der Waals surface area contributed by atoms with Crippen LogP contribution in [0.15, 0.2) is 12.1 Å². The van der Waals surface area contributed by atoms with E-state index in [0.29, 0.717) is 0 Å². The van der Waals surface area contributed by atoms with E-state index in [1.165, 1.54) is 0 Å². The molecule has 78 valence electrons. The first-order valence-corrected chi connectivity index (χ1v) is 5.40. The molecule has 0 unspecified atom stereocenters. The molecule has 0 radical (unpaired) electrons. The normalized spacial score (nSPS) is 10.5. The van der Waals surface area contributed by atoms with Gasteiger partial charge in [0.15, 0.2) is 0 Å². The molecule has 1 rings (SSSR count). The lowest BCUT2D eigenvalue weighted by atomic mass is 10.1. The number of nitrogens with zero attached hydrogens (tertiary/aromatic N) is 1. The minimum Gasteiger partial charge on any atom is -0.392 e. The number of aliphatic hydroxyl groups excluding tert-OH is 1. The molecule has 0 saturated carbocycles. The Morgan fingerprint density at radius 2 is 1.86 bits per heavy atom. The molecule has 0 aromatic carbocycles. The molecule has 1 aromatic heterocycles. The first kappa shape index (κ1) is 11.2. The molecular weight excluding hydrogens is 174 g/mol. The Kier molecular flexibility index (Phi) is 4.60. The largest absolute Gasteiger partial charge is 0.392 e. The minimum absolute atomic E-state index is 0.106. The average molecular weight is 193 g/mol. The fraction of sp³-hybridized carbons (Fsp3) is 0.583. The summed E-state index contributed by atoms with van der Waals surface area (Å²) in [5.41, 5.74) is 3.20. The van der Waals surface area contributed by atoms with Crippen molar-refractivity contribution >= 4 is 0 Å². The van der Waals surface area contributed by atoms with Crippen LogP contribution in [0.5, 0.6) is 0 Å². The smallest absolute Gasteiger partial charge is 0.0699 e. The Bertz CT molecular complexity index is 284. The monoisotopic (exact) mass is 193 g/mol. The number of aryl methyl sites for hydroxylation is 2. The highest BCUT2D eigenvalue weighted by atomic mass is 16.3. The first-order chi connectivity index (χ1) is 6.81. The van der Waals surface area contributed by atoms with Gasteiger partial charge >= 0.3 is 0 Å². The topological polar surface area (TPSA) is 33.1 Å². The van der Waals surface area contributed by atoms with E-state index in [9.17, 15) is 0 Å². The molecule has 0 spiro atoms. The summed E-state index contributed by atoms with van der Waals surface area (Å²) in [6.07, 6.45) is 4.20. The van der Waals surface area contributed by atoms with E-state index < -0.39 is 0 Å². The standard InChI is InChI=1S/C12H19NO/c1-3-5-11-8-7-10(9-14)12(13-11)6-4-2/h7-8,14H,3-6,9H2,1-2H3. The van der Waals surface area contributed by atoms with Crippen molar-refractivity contribution in [3.63, 3.8) is 0 Å². The molecule has 0 aliphatic rings. The van der Waals surface area contributed by atoms with Crippen molar-refractivity contribution < 1.29 is 5.11 Å². The van der Waals surface area contributed by atoms with E-state index in [1.807, 2.05) is 12.1 Å². The van der Waals surface area contributed by atoms with Crippen molar-refractivity contribution in [2.24, 2.45) is 0 Å². The maximum atomic E-state index is 9.13. The first-order valence-electron chi connectivity index (χ1n) is 5.40. The molecule has 0 aliphatic carbocycles. The number of rotatable bonds is 5. The fourth-order valence-electron chi connectivity index (χ4n) is 1.57. The van der Waals surface area contributed by atoms with E-state index in [1.54, 1.807) is 0 Å². The van der Waals surface area contributed by atoms with E-state index in [2.05, 4.69) is 18.8 Å². The minimum atomic E-state index is 0.106. The Morgan fingerprint density at radius 3 is 2.43 bits per heavy atom. The molecular formula is C12H19NO. The summed E-state index contributed by atoms with van der Waals surface area (Å²) in [4.78, 5) is 4.56. The third kappa shape index (κ3) is 2.81. The maximum Gasteiger partial charge on any atom is 0.0699 e. The van der Waals surface area contributed by atoms with Crippen LogP contribution in [0, 0.1) is 0 Å². The van der Waals surface area contributed by atoms with Crippen LogP contribution in [0.4, 0.5) is 0 Å². The van der Waals surface area contributed by atoms with E-state index in [4.69, 9.17) is 5.11 Å². The molecule has 1 N–H and O–H groups in total. The number of aliphatic hydroxyl groups is 1. The van der Waals surface area contributed by atoms with E-state index in [-0.39, 0.29) is 6.61 Å². The highest BCUT2D eigenvalue weighted by Gasteiger charge is 2.03. The Hall–Kier alpha value is -0.890. The highest BCUT2D eigenvalue weighted by Crippen LogP contribution is 2.11. The van der Waals surface area contributed by atoms with Crippen LogP contribution in [0.1, 0.15) is 43.6 Å². The van der Waals surface area contributed by atoms with Crippen LogP contribution in [-0.2, 0) is 19.4 Å². The summed E-state index contributed by atoms with van der Waals surface area (Å²) < 4.78 is 0. The Balaban J connectivity index is 2.88. The van der Waals surface area contributed by atoms with Crippen molar-refractivity contribution in [1.82, 2.24) is 4.98 Å². The van der Waals surface area contributed by atoms with Crippen molar-refractivity contribution in [3.8, 4) is 0 Å². The van der Waals surface area contributed by atoms with Gasteiger partial charge in [0.1, 0.15) is 0 Å². The van der Waals surface area contributed by atoms with Gasteiger partial charge in [-0.3, -0.25) is 4.98 Å². The predicted octanol–water partition coefficient (Wildman–Crippen LogP) is 2.48. The van der Waals surface area contributed by atoms with Crippen molar-refractivity contribution in [2.45, 2.75) is 46.1 Å². The lowest BCUT2D eigenvalue weighted by Crippen LogP contribution is -2.01. The summed E-state index contributed by atoms with van der Waals surface area (Å²) in [5, 5.41) is 9.13. The zero-order valence-corrected chi connectivity index (χ0v) is 9.08. The molecule has 1 aromatic rings. The third-order valence-electron chi connectivity index (χ3n) is 2.29. The van der Waals surface area contributed by atoms with Gasteiger partial charge in [0.05, 0.1) is 6.61 Å². The lowest BCUT2D eigenvalue weighted by molar-refractivity contribution is 0.280. The van der Waals surface area contributed by atoms with Crippen molar-refractivity contribution in [1.29, 1.82) is 0 Å². The molecule has 0 amide bonds. The quantitative estimate of drug-likeness (QED) is 0.779. The van der Waals surface area contributed by atoms with Crippen LogP contribution < -0.4 is 0 Å². The van der Waals surface area contributed by atoms with Gasteiger partial charge in [-0.2, -0.15) is 0 Å².